The first-order valence-electron chi connectivity index (χ1n) is 7.93. The molecule has 5 nitrogen and oxygen atoms in total. The van der Waals surface area contributed by atoms with E-state index >= 15 is 0 Å². The van der Waals surface area contributed by atoms with Crippen LogP contribution in [0.5, 0.6) is 0 Å². The molecule has 1 unspecified atom stereocenters. The van der Waals surface area contributed by atoms with Crippen LogP contribution in [0.15, 0.2) is 30.3 Å². The average Bonchev–Trinajstić information content (AvgIpc) is 3.01. The standard InChI is InChI=1S/C17H25N3O2/c1-14(21)20-11-5-8-16(20)17(22)19(13-10-18)12-9-15-6-3-2-4-7-15/h2-4,6-7,16H,5,8-13,18H2,1H3. The fraction of sp³-hybridized carbons (Fsp3) is 0.529. The Labute approximate surface area is 132 Å². The summed E-state index contributed by atoms with van der Waals surface area (Å²) in [7, 11) is 0. The minimum atomic E-state index is -0.306. The minimum Gasteiger partial charge on any atom is -0.339 e. The van der Waals surface area contributed by atoms with Crippen molar-refractivity contribution in [2.24, 2.45) is 5.73 Å². The molecule has 1 aliphatic rings. The molecule has 1 heterocycles. The summed E-state index contributed by atoms with van der Waals surface area (Å²) >= 11 is 0. The van der Waals surface area contributed by atoms with Crippen LogP contribution in [0.1, 0.15) is 25.3 Å². The van der Waals surface area contributed by atoms with Crippen LogP contribution in [0.3, 0.4) is 0 Å². The number of benzene rings is 1. The molecule has 0 saturated carbocycles. The number of hydrogen-bond donors (Lipinski definition) is 1. The summed E-state index contributed by atoms with van der Waals surface area (Å²) in [5, 5.41) is 0. The average molecular weight is 303 g/mol. The summed E-state index contributed by atoms with van der Waals surface area (Å²) in [5.41, 5.74) is 6.86. The van der Waals surface area contributed by atoms with Gasteiger partial charge in [0.05, 0.1) is 0 Å². The molecule has 1 fully saturated rings. The van der Waals surface area contributed by atoms with Gasteiger partial charge < -0.3 is 15.5 Å². The van der Waals surface area contributed by atoms with Gasteiger partial charge in [-0.3, -0.25) is 9.59 Å². The summed E-state index contributed by atoms with van der Waals surface area (Å²) in [6.45, 7) is 3.83. The second kappa shape index (κ2) is 7.94. The lowest BCUT2D eigenvalue weighted by atomic mass is 10.1. The second-order valence-electron chi connectivity index (χ2n) is 5.72. The molecule has 2 rings (SSSR count). The maximum absolute atomic E-state index is 12.7. The fourth-order valence-corrected chi connectivity index (χ4v) is 3.01. The molecule has 2 amide bonds. The number of carbonyl (C=O) groups excluding carboxylic acids is 2. The van der Waals surface area contributed by atoms with Crippen molar-refractivity contribution >= 4 is 11.8 Å². The van der Waals surface area contributed by atoms with Crippen LogP contribution in [-0.4, -0.2) is 53.8 Å². The van der Waals surface area contributed by atoms with E-state index in [1.165, 1.54) is 12.5 Å². The molecular formula is C17H25N3O2. The lowest BCUT2D eigenvalue weighted by Gasteiger charge is -2.29. The highest BCUT2D eigenvalue weighted by molar-refractivity contribution is 5.87. The van der Waals surface area contributed by atoms with Gasteiger partial charge in [-0.1, -0.05) is 30.3 Å². The van der Waals surface area contributed by atoms with E-state index in [0.29, 0.717) is 26.2 Å². The van der Waals surface area contributed by atoms with E-state index in [1.807, 2.05) is 18.2 Å². The van der Waals surface area contributed by atoms with Gasteiger partial charge in [0, 0.05) is 33.1 Å². The predicted molar refractivity (Wildman–Crippen MR) is 86.2 cm³/mol. The number of carbonyl (C=O) groups is 2. The van der Waals surface area contributed by atoms with Gasteiger partial charge in [0.1, 0.15) is 6.04 Å². The van der Waals surface area contributed by atoms with Crippen LogP contribution in [0, 0.1) is 0 Å². The molecular weight excluding hydrogens is 278 g/mol. The predicted octanol–water partition coefficient (Wildman–Crippen LogP) is 1.03. The van der Waals surface area contributed by atoms with Gasteiger partial charge in [-0.2, -0.15) is 0 Å². The molecule has 0 bridgehead atoms. The molecule has 1 aliphatic heterocycles. The number of likely N-dealkylation sites (tertiary alicyclic amines) is 1. The fourth-order valence-electron chi connectivity index (χ4n) is 3.01. The van der Waals surface area contributed by atoms with Gasteiger partial charge in [-0.25, -0.2) is 0 Å². The summed E-state index contributed by atoms with van der Waals surface area (Å²) in [5.74, 6) is 0.0145. The second-order valence-corrected chi connectivity index (χ2v) is 5.72. The van der Waals surface area contributed by atoms with Crippen LogP contribution in [0.2, 0.25) is 0 Å². The maximum Gasteiger partial charge on any atom is 0.245 e. The highest BCUT2D eigenvalue weighted by Crippen LogP contribution is 2.19. The lowest BCUT2D eigenvalue weighted by molar-refractivity contribution is -0.142. The molecule has 0 aliphatic carbocycles. The monoisotopic (exact) mass is 303 g/mol. The molecule has 1 aromatic carbocycles. The zero-order chi connectivity index (χ0) is 15.9. The van der Waals surface area contributed by atoms with Crippen molar-refractivity contribution in [3.05, 3.63) is 35.9 Å². The first-order chi connectivity index (χ1) is 10.6. The summed E-state index contributed by atoms with van der Waals surface area (Å²) in [6.07, 6.45) is 2.45. The van der Waals surface area contributed by atoms with E-state index in [2.05, 4.69) is 12.1 Å². The molecule has 0 aromatic heterocycles. The van der Waals surface area contributed by atoms with Gasteiger partial charge in [0.15, 0.2) is 0 Å². The molecule has 5 heteroatoms. The Morgan fingerprint density at radius 2 is 2.00 bits per heavy atom. The van der Waals surface area contributed by atoms with E-state index in [-0.39, 0.29) is 17.9 Å². The first-order valence-corrected chi connectivity index (χ1v) is 7.93. The number of amides is 2. The number of hydrogen-bond acceptors (Lipinski definition) is 3. The number of nitrogens with zero attached hydrogens (tertiary/aromatic N) is 2. The Balaban J connectivity index is 2.00. The molecule has 120 valence electrons. The van der Waals surface area contributed by atoms with Crippen molar-refractivity contribution in [2.75, 3.05) is 26.2 Å². The van der Waals surface area contributed by atoms with Gasteiger partial charge in [0.25, 0.3) is 0 Å². The van der Waals surface area contributed by atoms with Gasteiger partial charge in [0.2, 0.25) is 11.8 Å². The SMILES string of the molecule is CC(=O)N1CCCC1C(=O)N(CCN)CCc1ccccc1. The number of rotatable bonds is 6. The van der Waals surface area contributed by atoms with Gasteiger partial charge in [-0.15, -0.1) is 0 Å². The highest BCUT2D eigenvalue weighted by atomic mass is 16.2. The van der Waals surface area contributed by atoms with Crippen molar-refractivity contribution in [3.63, 3.8) is 0 Å². The third kappa shape index (κ3) is 4.07. The molecule has 1 atom stereocenters. The van der Waals surface area contributed by atoms with Crippen molar-refractivity contribution in [2.45, 2.75) is 32.2 Å². The zero-order valence-corrected chi connectivity index (χ0v) is 13.2. The molecule has 2 N–H and O–H groups in total. The molecule has 0 spiro atoms. The van der Waals surface area contributed by atoms with Crippen molar-refractivity contribution in [1.29, 1.82) is 0 Å². The van der Waals surface area contributed by atoms with E-state index in [1.54, 1.807) is 9.80 Å². The molecule has 22 heavy (non-hydrogen) atoms. The van der Waals surface area contributed by atoms with Crippen LogP contribution in [0.25, 0.3) is 0 Å². The smallest absolute Gasteiger partial charge is 0.245 e. The topological polar surface area (TPSA) is 66.6 Å². The first kappa shape index (κ1) is 16.5. The van der Waals surface area contributed by atoms with Crippen LogP contribution in [-0.2, 0) is 16.0 Å². The van der Waals surface area contributed by atoms with E-state index in [4.69, 9.17) is 5.73 Å². The van der Waals surface area contributed by atoms with Crippen LogP contribution in [0.4, 0.5) is 0 Å². The largest absolute Gasteiger partial charge is 0.339 e. The van der Waals surface area contributed by atoms with E-state index in [0.717, 1.165) is 19.3 Å². The molecule has 1 saturated heterocycles. The van der Waals surface area contributed by atoms with Crippen molar-refractivity contribution in [3.8, 4) is 0 Å². The summed E-state index contributed by atoms with van der Waals surface area (Å²) in [6, 6.07) is 9.79. The molecule has 0 radical (unpaired) electrons. The van der Waals surface area contributed by atoms with Crippen LogP contribution < -0.4 is 5.73 Å². The quantitative estimate of drug-likeness (QED) is 0.853. The summed E-state index contributed by atoms with van der Waals surface area (Å²) < 4.78 is 0. The Kier molecular flexibility index (Phi) is 5.95. The minimum absolute atomic E-state index is 0.0217. The van der Waals surface area contributed by atoms with E-state index in [9.17, 15) is 9.59 Å². The van der Waals surface area contributed by atoms with E-state index < -0.39 is 0 Å². The van der Waals surface area contributed by atoms with Crippen molar-refractivity contribution in [1.82, 2.24) is 9.80 Å². The maximum atomic E-state index is 12.7. The van der Waals surface area contributed by atoms with Crippen molar-refractivity contribution < 1.29 is 9.59 Å². The van der Waals surface area contributed by atoms with Crippen LogP contribution >= 0.6 is 0 Å². The highest BCUT2D eigenvalue weighted by Gasteiger charge is 2.34. The lowest BCUT2D eigenvalue weighted by Crippen LogP contribution is -2.49. The van der Waals surface area contributed by atoms with Gasteiger partial charge >= 0.3 is 0 Å². The Morgan fingerprint density at radius 3 is 2.64 bits per heavy atom. The Hall–Kier alpha value is -1.88. The normalized spacial score (nSPS) is 17.5. The third-order valence-electron chi connectivity index (χ3n) is 4.17. The Morgan fingerprint density at radius 1 is 1.27 bits per heavy atom. The summed E-state index contributed by atoms with van der Waals surface area (Å²) in [4.78, 5) is 27.9. The Bertz CT molecular complexity index is 504. The number of nitrogens with two attached hydrogens (primary N) is 1. The molecule has 1 aromatic rings. The third-order valence-corrected chi connectivity index (χ3v) is 4.17. The zero-order valence-electron chi connectivity index (χ0n) is 13.2. The van der Waals surface area contributed by atoms with Gasteiger partial charge in [-0.05, 0) is 24.8 Å².